The van der Waals surface area contributed by atoms with E-state index in [9.17, 15) is 0 Å². The molecule has 0 saturated carbocycles. The molecule has 0 fully saturated rings. The first kappa shape index (κ1) is 14.0. The molecule has 0 radical (unpaired) electrons. The Morgan fingerprint density at radius 2 is 2.05 bits per heavy atom. The molecule has 21 heavy (non-hydrogen) atoms. The van der Waals surface area contributed by atoms with Gasteiger partial charge in [-0.25, -0.2) is 0 Å². The summed E-state index contributed by atoms with van der Waals surface area (Å²) in [7, 11) is 1.70. The molecule has 0 saturated heterocycles. The summed E-state index contributed by atoms with van der Waals surface area (Å²) in [6, 6.07) is 16.8. The fraction of sp³-hybridized carbons (Fsp3) is 0.333. The van der Waals surface area contributed by atoms with E-state index in [-0.39, 0.29) is 0 Å². The van der Waals surface area contributed by atoms with E-state index in [0.717, 1.165) is 24.7 Å². The molecule has 3 heteroatoms. The Morgan fingerprint density at radius 1 is 1.19 bits per heavy atom. The van der Waals surface area contributed by atoms with Gasteiger partial charge in [0.2, 0.25) is 0 Å². The second-order valence-electron chi connectivity index (χ2n) is 5.54. The van der Waals surface area contributed by atoms with Gasteiger partial charge in [0.05, 0.1) is 13.7 Å². The number of fused-ring (bicyclic) bond motifs is 1. The van der Waals surface area contributed by atoms with Gasteiger partial charge >= 0.3 is 0 Å². The van der Waals surface area contributed by atoms with Crippen LogP contribution in [0.2, 0.25) is 0 Å². The van der Waals surface area contributed by atoms with Crippen LogP contribution in [0.5, 0.6) is 11.5 Å². The normalized spacial score (nSPS) is 20.5. The lowest BCUT2D eigenvalue weighted by molar-refractivity contribution is 0.188. The van der Waals surface area contributed by atoms with Crippen LogP contribution in [0.3, 0.4) is 0 Å². The molecule has 3 nitrogen and oxygen atoms in total. The van der Waals surface area contributed by atoms with Crippen LogP contribution in [-0.2, 0) is 6.54 Å². The molecule has 1 aliphatic rings. The number of para-hydroxylation sites is 1. The van der Waals surface area contributed by atoms with Gasteiger partial charge in [0.15, 0.2) is 0 Å². The van der Waals surface area contributed by atoms with Crippen molar-refractivity contribution in [1.82, 2.24) is 5.32 Å². The van der Waals surface area contributed by atoms with Crippen molar-refractivity contribution >= 4 is 0 Å². The fourth-order valence-electron chi connectivity index (χ4n) is 2.81. The van der Waals surface area contributed by atoms with Crippen LogP contribution in [0, 0.1) is 5.92 Å². The summed E-state index contributed by atoms with van der Waals surface area (Å²) in [6.07, 6.45) is 0. The van der Waals surface area contributed by atoms with E-state index < -0.39 is 0 Å². The standard InChI is InChI=1S/C18H21NO2/c1-13-12-21-17-9-4-3-8-16(17)18(13)19-11-14-6-5-7-15(10-14)20-2/h3-10,13,18-19H,11-12H2,1-2H3. The van der Waals surface area contributed by atoms with Crippen molar-refractivity contribution in [2.45, 2.75) is 19.5 Å². The highest BCUT2D eigenvalue weighted by molar-refractivity contribution is 5.38. The molecule has 0 amide bonds. The van der Waals surface area contributed by atoms with Gasteiger partial charge in [-0.2, -0.15) is 0 Å². The van der Waals surface area contributed by atoms with Gasteiger partial charge in [0.25, 0.3) is 0 Å². The maximum Gasteiger partial charge on any atom is 0.124 e. The van der Waals surface area contributed by atoms with Crippen molar-refractivity contribution in [1.29, 1.82) is 0 Å². The van der Waals surface area contributed by atoms with E-state index in [2.05, 4.69) is 36.5 Å². The summed E-state index contributed by atoms with van der Waals surface area (Å²) >= 11 is 0. The second-order valence-corrected chi connectivity index (χ2v) is 5.54. The predicted molar refractivity (Wildman–Crippen MR) is 83.7 cm³/mol. The molecular weight excluding hydrogens is 262 g/mol. The smallest absolute Gasteiger partial charge is 0.124 e. The molecule has 0 aliphatic carbocycles. The van der Waals surface area contributed by atoms with E-state index in [0.29, 0.717) is 12.0 Å². The number of ether oxygens (including phenoxy) is 2. The highest BCUT2D eigenvalue weighted by Gasteiger charge is 2.26. The molecule has 2 unspecified atom stereocenters. The Labute approximate surface area is 125 Å². The van der Waals surface area contributed by atoms with Gasteiger partial charge in [0.1, 0.15) is 11.5 Å². The largest absolute Gasteiger partial charge is 0.497 e. The minimum absolute atomic E-state index is 0.321. The summed E-state index contributed by atoms with van der Waals surface area (Å²) in [5.41, 5.74) is 2.48. The van der Waals surface area contributed by atoms with E-state index in [4.69, 9.17) is 9.47 Å². The topological polar surface area (TPSA) is 30.5 Å². The van der Waals surface area contributed by atoms with E-state index in [1.54, 1.807) is 7.11 Å². The second kappa shape index (κ2) is 6.19. The molecule has 1 heterocycles. The van der Waals surface area contributed by atoms with Crippen LogP contribution in [0.15, 0.2) is 48.5 Å². The summed E-state index contributed by atoms with van der Waals surface area (Å²) in [5, 5.41) is 3.66. The summed E-state index contributed by atoms with van der Waals surface area (Å²) in [4.78, 5) is 0. The maximum absolute atomic E-state index is 5.79. The molecule has 0 aromatic heterocycles. The molecule has 0 spiro atoms. The third-order valence-electron chi connectivity index (χ3n) is 3.99. The average Bonchev–Trinajstić information content (AvgIpc) is 2.54. The molecule has 1 aliphatic heterocycles. The van der Waals surface area contributed by atoms with Crippen molar-refractivity contribution in [2.24, 2.45) is 5.92 Å². The third-order valence-corrected chi connectivity index (χ3v) is 3.99. The molecule has 110 valence electrons. The fourth-order valence-corrected chi connectivity index (χ4v) is 2.81. The van der Waals surface area contributed by atoms with Crippen LogP contribution in [0.1, 0.15) is 24.1 Å². The lowest BCUT2D eigenvalue weighted by atomic mass is 9.92. The molecule has 2 aromatic rings. The summed E-state index contributed by atoms with van der Waals surface area (Å²) in [6.45, 7) is 3.80. The zero-order chi connectivity index (χ0) is 14.7. The first-order chi connectivity index (χ1) is 10.3. The SMILES string of the molecule is COc1cccc(CNC2c3ccccc3OCC2C)c1. The monoisotopic (exact) mass is 283 g/mol. The van der Waals surface area contributed by atoms with Crippen LogP contribution in [0.25, 0.3) is 0 Å². The van der Waals surface area contributed by atoms with Gasteiger partial charge in [-0.15, -0.1) is 0 Å². The minimum atomic E-state index is 0.321. The minimum Gasteiger partial charge on any atom is -0.497 e. The van der Waals surface area contributed by atoms with Crippen LogP contribution in [-0.4, -0.2) is 13.7 Å². The quantitative estimate of drug-likeness (QED) is 0.930. The molecule has 1 N–H and O–H groups in total. The highest BCUT2D eigenvalue weighted by atomic mass is 16.5. The zero-order valence-electron chi connectivity index (χ0n) is 12.5. The van der Waals surface area contributed by atoms with Gasteiger partial charge < -0.3 is 14.8 Å². The lowest BCUT2D eigenvalue weighted by Crippen LogP contribution is -2.33. The van der Waals surface area contributed by atoms with Gasteiger partial charge in [-0.3, -0.25) is 0 Å². The average molecular weight is 283 g/mol. The molecule has 3 rings (SSSR count). The number of nitrogens with one attached hydrogen (secondary N) is 1. The molecule has 2 aromatic carbocycles. The van der Waals surface area contributed by atoms with Crippen molar-refractivity contribution in [3.63, 3.8) is 0 Å². The molecule has 0 bridgehead atoms. The van der Waals surface area contributed by atoms with Gasteiger partial charge in [-0.05, 0) is 23.8 Å². The Kier molecular flexibility index (Phi) is 4.11. The first-order valence-corrected chi connectivity index (χ1v) is 7.36. The van der Waals surface area contributed by atoms with Crippen LogP contribution < -0.4 is 14.8 Å². The van der Waals surface area contributed by atoms with Crippen molar-refractivity contribution < 1.29 is 9.47 Å². The zero-order valence-corrected chi connectivity index (χ0v) is 12.5. The van der Waals surface area contributed by atoms with Crippen LogP contribution in [0.4, 0.5) is 0 Å². The van der Waals surface area contributed by atoms with Crippen molar-refractivity contribution in [3.8, 4) is 11.5 Å². The number of hydrogen-bond acceptors (Lipinski definition) is 3. The Hall–Kier alpha value is -2.00. The van der Waals surface area contributed by atoms with Crippen LogP contribution >= 0.6 is 0 Å². The van der Waals surface area contributed by atoms with Crippen molar-refractivity contribution in [2.75, 3.05) is 13.7 Å². The first-order valence-electron chi connectivity index (χ1n) is 7.36. The Morgan fingerprint density at radius 3 is 2.90 bits per heavy atom. The maximum atomic E-state index is 5.79. The third kappa shape index (κ3) is 3.03. The number of methoxy groups -OCH3 is 1. The Balaban J connectivity index is 1.75. The van der Waals surface area contributed by atoms with Gasteiger partial charge in [-0.1, -0.05) is 37.3 Å². The van der Waals surface area contributed by atoms with E-state index in [1.165, 1.54) is 11.1 Å². The predicted octanol–water partition coefficient (Wildman–Crippen LogP) is 3.55. The Bertz CT molecular complexity index is 612. The highest BCUT2D eigenvalue weighted by Crippen LogP contribution is 2.35. The summed E-state index contributed by atoms with van der Waals surface area (Å²) in [5.74, 6) is 2.35. The summed E-state index contributed by atoms with van der Waals surface area (Å²) < 4.78 is 11.1. The van der Waals surface area contributed by atoms with Crippen molar-refractivity contribution in [3.05, 3.63) is 59.7 Å². The van der Waals surface area contributed by atoms with E-state index >= 15 is 0 Å². The molecule has 2 atom stereocenters. The lowest BCUT2D eigenvalue weighted by Gasteiger charge is -2.32. The number of rotatable bonds is 4. The number of benzene rings is 2. The van der Waals surface area contributed by atoms with E-state index in [1.807, 2.05) is 24.3 Å². The number of hydrogen-bond donors (Lipinski definition) is 1. The molecular formula is C18H21NO2. The van der Waals surface area contributed by atoms with Gasteiger partial charge in [0, 0.05) is 24.1 Å².